The molecule has 3 N–H and O–H groups in total. The molecule has 12 heavy (non-hydrogen) atoms. The monoisotopic (exact) mass is 163 g/mol. The van der Waals surface area contributed by atoms with Crippen LogP contribution in [0, 0.1) is 0 Å². The van der Waals surface area contributed by atoms with Crippen molar-refractivity contribution in [3.05, 3.63) is 35.6 Å². The lowest BCUT2D eigenvalue weighted by atomic mass is 10.0. The molecule has 0 aromatic rings. The second-order valence-corrected chi connectivity index (χ2v) is 2.44. The summed E-state index contributed by atoms with van der Waals surface area (Å²) in [7, 11) is 1.77. The van der Waals surface area contributed by atoms with Crippen LogP contribution in [0.3, 0.4) is 0 Å². The van der Waals surface area contributed by atoms with Gasteiger partial charge in [-0.3, -0.25) is 0 Å². The van der Waals surface area contributed by atoms with Crippen molar-refractivity contribution in [1.29, 1.82) is 0 Å². The van der Waals surface area contributed by atoms with Gasteiger partial charge < -0.3 is 11.2 Å². The molecule has 0 heterocycles. The molecule has 0 aromatic carbocycles. The summed E-state index contributed by atoms with van der Waals surface area (Å²) in [6.07, 6.45) is 7.65. The van der Waals surface area contributed by atoms with Crippen LogP contribution >= 0.6 is 0 Å². The molecule has 0 bridgehead atoms. The quantitative estimate of drug-likeness (QED) is 0.565. The normalized spacial score (nSPS) is 23.0. The Balaban J connectivity index is 2.98. The highest BCUT2D eigenvalue weighted by Crippen LogP contribution is 2.09. The van der Waals surface area contributed by atoms with Gasteiger partial charge in [-0.15, -0.1) is 0 Å². The van der Waals surface area contributed by atoms with Gasteiger partial charge in [0.15, 0.2) is 0 Å². The van der Waals surface area contributed by atoms with E-state index >= 15 is 0 Å². The van der Waals surface area contributed by atoms with E-state index in [0.717, 1.165) is 17.0 Å². The molecule has 1 aliphatic carbocycles. The van der Waals surface area contributed by atoms with Crippen molar-refractivity contribution in [2.24, 2.45) is 10.8 Å². The van der Waals surface area contributed by atoms with Crippen LogP contribution in [0.1, 0.15) is 6.92 Å². The van der Waals surface area contributed by atoms with E-state index in [9.17, 15) is 0 Å². The molecule has 0 spiro atoms. The molecule has 0 aliphatic heterocycles. The molecule has 0 amide bonds. The minimum absolute atomic E-state index is 0.731. The number of nitrogens with two attached hydrogens (primary N) is 1. The van der Waals surface area contributed by atoms with Crippen LogP contribution in [-0.2, 0) is 0 Å². The summed E-state index contributed by atoms with van der Waals surface area (Å²) in [5.74, 6) is 0. The van der Waals surface area contributed by atoms with Gasteiger partial charge in [0.25, 0.3) is 0 Å². The van der Waals surface area contributed by atoms with E-state index in [1.807, 2.05) is 31.2 Å². The number of hydrogen-bond donors (Lipinski definition) is 2. The number of nitrogens with zero attached hydrogens (tertiary/aromatic N) is 1. The van der Waals surface area contributed by atoms with Gasteiger partial charge in [-0.05, 0) is 24.6 Å². The predicted molar refractivity (Wildman–Crippen MR) is 51.7 cm³/mol. The summed E-state index contributed by atoms with van der Waals surface area (Å²) in [5.41, 5.74) is 11.0. The maximum Gasteiger partial charge on any atom is 0.0918 e. The number of hydrazone groups is 1. The molecule has 1 rings (SSSR count). The number of hydrogen-bond acceptors (Lipinski definition) is 3. The Morgan fingerprint density at radius 3 is 2.83 bits per heavy atom. The Morgan fingerprint density at radius 2 is 2.25 bits per heavy atom. The number of rotatable bonds is 1. The molecule has 0 radical (unpaired) electrons. The summed E-state index contributed by atoms with van der Waals surface area (Å²) in [6, 6.07) is 0. The maximum absolute atomic E-state index is 5.61. The third-order valence-electron chi connectivity index (χ3n) is 1.60. The Morgan fingerprint density at radius 1 is 1.50 bits per heavy atom. The average Bonchev–Trinajstić information content (AvgIpc) is 2.05. The third kappa shape index (κ3) is 1.75. The van der Waals surface area contributed by atoms with E-state index in [2.05, 4.69) is 10.5 Å². The van der Waals surface area contributed by atoms with Gasteiger partial charge in [0.05, 0.1) is 5.71 Å². The minimum atomic E-state index is 0.731. The zero-order chi connectivity index (χ0) is 8.97. The van der Waals surface area contributed by atoms with E-state index in [-0.39, 0.29) is 0 Å². The summed E-state index contributed by atoms with van der Waals surface area (Å²) >= 11 is 0. The second kappa shape index (κ2) is 3.76. The first kappa shape index (κ1) is 8.59. The lowest BCUT2D eigenvalue weighted by Gasteiger charge is -2.07. The molecule has 0 unspecified atom stereocenters. The highest BCUT2D eigenvalue weighted by Gasteiger charge is 2.04. The fourth-order valence-corrected chi connectivity index (χ4v) is 1.02. The maximum atomic E-state index is 5.61. The highest BCUT2D eigenvalue weighted by atomic mass is 15.3. The fourth-order valence-electron chi connectivity index (χ4n) is 1.02. The molecule has 0 fully saturated rings. The Hall–Kier alpha value is -1.51. The fraction of sp³-hybridized carbons (Fsp3) is 0.222. The second-order valence-electron chi connectivity index (χ2n) is 2.44. The van der Waals surface area contributed by atoms with Gasteiger partial charge in [0.1, 0.15) is 0 Å². The third-order valence-corrected chi connectivity index (χ3v) is 1.60. The predicted octanol–water partition coefficient (Wildman–Crippen LogP) is 0.921. The van der Waals surface area contributed by atoms with Gasteiger partial charge in [0.2, 0.25) is 0 Å². The Kier molecular flexibility index (Phi) is 2.69. The van der Waals surface area contributed by atoms with Crippen LogP contribution in [0.5, 0.6) is 0 Å². The molecular weight excluding hydrogens is 150 g/mol. The zero-order valence-electron chi connectivity index (χ0n) is 7.33. The molecule has 3 heteroatoms. The van der Waals surface area contributed by atoms with E-state index in [0.29, 0.717) is 0 Å². The van der Waals surface area contributed by atoms with E-state index in [1.165, 1.54) is 0 Å². The number of allylic oxidation sites excluding steroid dienone is 5. The molecule has 0 saturated heterocycles. The van der Waals surface area contributed by atoms with Crippen molar-refractivity contribution in [2.75, 3.05) is 7.05 Å². The Bertz CT molecular complexity index is 282. The summed E-state index contributed by atoms with van der Waals surface area (Å²) in [6.45, 7) is 1.97. The van der Waals surface area contributed by atoms with Crippen molar-refractivity contribution in [3.8, 4) is 0 Å². The topological polar surface area (TPSA) is 50.4 Å². The molecular formula is C9H13N3. The first-order chi connectivity index (χ1) is 5.77. The minimum Gasteiger partial charge on any atom is -0.399 e. The van der Waals surface area contributed by atoms with Crippen molar-refractivity contribution in [1.82, 2.24) is 5.43 Å². The lowest BCUT2D eigenvalue weighted by molar-refractivity contribution is 0.902. The van der Waals surface area contributed by atoms with Crippen LogP contribution in [-0.4, -0.2) is 12.8 Å². The first-order valence-electron chi connectivity index (χ1n) is 3.84. The Labute approximate surface area is 72.3 Å². The molecule has 0 aromatic heterocycles. The summed E-state index contributed by atoms with van der Waals surface area (Å²) < 4.78 is 0. The molecule has 0 atom stereocenters. The first-order valence-corrected chi connectivity index (χ1v) is 3.84. The van der Waals surface area contributed by atoms with Crippen molar-refractivity contribution >= 4 is 5.71 Å². The lowest BCUT2D eigenvalue weighted by Crippen LogP contribution is -2.11. The molecule has 64 valence electrons. The smallest absolute Gasteiger partial charge is 0.0918 e. The summed E-state index contributed by atoms with van der Waals surface area (Å²) in [5, 5.41) is 4.08. The molecule has 0 saturated carbocycles. The molecule has 3 nitrogen and oxygen atoms in total. The van der Waals surface area contributed by atoms with E-state index in [4.69, 9.17) is 5.73 Å². The van der Waals surface area contributed by atoms with Crippen LogP contribution in [0.15, 0.2) is 40.7 Å². The van der Waals surface area contributed by atoms with Crippen LogP contribution < -0.4 is 11.2 Å². The van der Waals surface area contributed by atoms with Gasteiger partial charge in [-0.1, -0.05) is 12.2 Å². The van der Waals surface area contributed by atoms with Gasteiger partial charge >= 0.3 is 0 Å². The standard InChI is InChI=1S/C9H13N3/c1-3-7-4-5-8(10)6-9(7)12-11-2/h3-6,11H,10H2,1-2H3/b7-3+,12-9-. The average molecular weight is 163 g/mol. The van der Waals surface area contributed by atoms with Gasteiger partial charge in [-0.25, -0.2) is 0 Å². The van der Waals surface area contributed by atoms with Crippen molar-refractivity contribution in [3.63, 3.8) is 0 Å². The number of nitrogens with one attached hydrogen (secondary N) is 1. The van der Waals surface area contributed by atoms with Crippen LogP contribution in [0.4, 0.5) is 0 Å². The summed E-state index contributed by atoms with van der Waals surface area (Å²) in [4.78, 5) is 0. The van der Waals surface area contributed by atoms with Crippen molar-refractivity contribution < 1.29 is 0 Å². The van der Waals surface area contributed by atoms with Crippen LogP contribution in [0.25, 0.3) is 0 Å². The zero-order valence-corrected chi connectivity index (χ0v) is 7.33. The van der Waals surface area contributed by atoms with E-state index < -0.39 is 0 Å². The van der Waals surface area contributed by atoms with Gasteiger partial charge in [0, 0.05) is 12.7 Å². The highest BCUT2D eigenvalue weighted by molar-refractivity contribution is 6.11. The molecule has 1 aliphatic rings. The van der Waals surface area contributed by atoms with Crippen molar-refractivity contribution in [2.45, 2.75) is 6.92 Å². The largest absolute Gasteiger partial charge is 0.399 e. The van der Waals surface area contributed by atoms with Crippen LogP contribution in [0.2, 0.25) is 0 Å². The van der Waals surface area contributed by atoms with Gasteiger partial charge in [-0.2, -0.15) is 5.10 Å². The SMILES string of the molecule is C/C=C1\C=CC(N)=C\C1=N\NC. The van der Waals surface area contributed by atoms with E-state index in [1.54, 1.807) is 7.05 Å².